The van der Waals surface area contributed by atoms with Crippen LogP contribution in [0.15, 0.2) is 35.6 Å². The molecule has 0 aliphatic carbocycles. The number of imidazole rings is 1. The molecule has 0 bridgehead atoms. The van der Waals surface area contributed by atoms with Crippen LogP contribution < -0.4 is 20.1 Å². The van der Waals surface area contributed by atoms with Crippen molar-refractivity contribution in [2.45, 2.75) is 33.4 Å². The number of aliphatic imine (C=N–C) groups is 1. The normalized spacial score (nSPS) is 11.2. The van der Waals surface area contributed by atoms with Gasteiger partial charge in [0.05, 0.1) is 19.8 Å². The molecular formula is C19H28F2IN5O2. The van der Waals surface area contributed by atoms with E-state index >= 15 is 0 Å². The first-order chi connectivity index (χ1) is 13.6. The van der Waals surface area contributed by atoms with Crippen molar-refractivity contribution in [2.24, 2.45) is 4.99 Å². The molecule has 0 fully saturated rings. The monoisotopic (exact) mass is 523 g/mol. The van der Waals surface area contributed by atoms with Gasteiger partial charge in [0, 0.05) is 26.0 Å². The molecular weight excluding hydrogens is 495 g/mol. The Morgan fingerprint density at radius 3 is 2.55 bits per heavy atom. The molecule has 29 heavy (non-hydrogen) atoms. The molecule has 0 atom stereocenters. The third-order valence-electron chi connectivity index (χ3n) is 3.91. The zero-order chi connectivity index (χ0) is 20.4. The fourth-order valence-electron chi connectivity index (χ4n) is 2.62. The first kappa shape index (κ1) is 24.9. The molecule has 162 valence electrons. The standard InChI is InChI=1S/C19H27F2N5O2.HI/c1-4-27-15-7-6-14(12-16(15)28-5-2)8-9-24-19(22-3)25-13-17-23-10-11-26(17)18(20)21;/h6-7,10-12,18H,4-5,8-9,13H2,1-3H3,(H2,22,24,25);1H. The lowest BCUT2D eigenvalue weighted by Crippen LogP contribution is -2.38. The van der Waals surface area contributed by atoms with Crippen molar-refractivity contribution in [1.82, 2.24) is 20.2 Å². The van der Waals surface area contributed by atoms with E-state index in [4.69, 9.17) is 9.47 Å². The van der Waals surface area contributed by atoms with Crippen LogP contribution >= 0.6 is 24.0 Å². The average molecular weight is 523 g/mol. The van der Waals surface area contributed by atoms with Crippen LogP contribution in [0.1, 0.15) is 31.8 Å². The van der Waals surface area contributed by atoms with Crippen LogP contribution in [-0.2, 0) is 13.0 Å². The quantitative estimate of drug-likeness (QED) is 0.283. The van der Waals surface area contributed by atoms with Gasteiger partial charge in [-0.25, -0.2) is 4.98 Å². The molecule has 0 aliphatic heterocycles. The van der Waals surface area contributed by atoms with Gasteiger partial charge in [-0.15, -0.1) is 24.0 Å². The second kappa shape index (κ2) is 13.2. The van der Waals surface area contributed by atoms with Gasteiger partial charge in [-0.2, -0.15) is 8.78 Å². The molecule has 0 amide bonds. The summed E-state index contributed by atoms with van der Waals surface area (Å²) in [4.78, 5) is 8.04. The number of rotatable bonds is 10. The molecule has 7 nitrogen and oxygen atoms in total. The Morgan fingerprint density at radius 2 is 1.90 bits per heavy atom. The summed E-state index contributed by atoms with van der Waals surface area (Å²) < 4.78 is 37.7. The first-order valence-electron chi connectivity index (χ1n) is 9.21. The van der Waals surface area contributed by atoms with Gasteiger partial charge in [0.25, 0.3) is 0 Å². The van der Waals surface area contributed by atoms with Crippen LogP contribution in [0.4, 0.5) is 8.78 Å². The smallest absolute Gasteiger partial charge is 0.319 e. The lowest BCUT2D eigenvalue weighted by Gasteiger charge is -2.14. The van der Waals surface area contributed by atoms with Gasteiger partial charge in [0.2, 0.25) is 0 Å². The van der Waals surface area contributed by atoms with Crippen molar-refractivity contribution >= 4 is 29.9 Å². The van der Waals surface area contributed by atoms with Crippen LogP contribution in [0, 0.1) is 0 Å². The number of nitrogens with zero attached hydrogens (tertiary/aromatic N) is 3. The summed E-state index contributed by atoms with van der Waals surface area (Å²) in [6, 6.07) is 5.86. The van der Waals surface area contributed by atoms with Gasteiger partial charge in [0.15, 0.2) is 17.5 Å². The van der Waals surface area contributed by atoms with Gasteiger partial charge >= 0.3 is 6.55 Å². The molecule has 0 radical (unpaired) electrons. The third kappa shape index (κ3) is 7.67. The summed E-state index contributed by atoms with van der Waals surface area (Å²) >= 11 is 0. The molecule has 2 aromatic rings. The highest BCUT2D eigenvalue weighted by molar-refractivity contribution is 14.0. The average Bonchev–Trinajstić information content (AvgIpc) is 3.15. The van der Waals surface area contributed by atoms with Crippen LogP contribution in [0.25, 0.3) is 0 Å². The Balaban J connectivity index is 0.00000420. The van der Waals surface area contributed by atoms with E-state index in [2.05, 4.69) is 20.6 Å². The maximum absolute atomic E-state index is 12.9. The second-order valence-electron chi connectivity index (χ2n) is 5.78. The van der Waals surface area contributed by atoms with Gasteiger partial charge < -0.3 is 20.1 Å². The highest BCUT2D eigenvalue weighted by Crippen LogP contribution is 2.28. The molecule has 2 N–H and O–H groups in total. The Labute approximate surface area is 186 Å². The topological polar surface area (TPSA) is 72.7 Å². The Bertz CT molecular complexity index is 771. The summed E-state index contributed by atoms with van der Waals surface area (Å²) in [7, 11) is 1.62. The van der Waals surface area contributed by atoms with Crippen molar-refractivity contribution < 1.29 is 18.3 Å². The zero-order valence-corrected chi connectivity index (χ0v) is 19.2. The van der Waals surface area contributed by atoms with E-state index in [1.165, 1.54) is 12.4 Å². The molecule has 1 aromatic heterocycles. The summed E-state index contributed by atoms with van der Waals surface area (Å²) in [5.41, 5.74) is 1.09. The molecule has 0 aliphatic rings. The van der Waals surface area contributed by atoms with Crippen LogP contribution in [-0.4, -0.2) is 42.3 Å². The number of benzene rings is 1. The SMILES string of the molecule is CCOc1ccc(CCNC(=NC)NCc2nccn2C(F)F)cc1OCC.I. The fourth-order valence-corrected chi connectivity index (χ4v) is 2.62. The van der Waals surface area contributed by atoms with E-state index < -0.39 is 6.55 Å². The molecule has 0 spiro atoms. The molecule has 0 unspecified atom stereocenters. The number of hydrogen-bond acceptors (Lipinski definition) is 4. The largest absolute Gasteiger partial charge is 0.490 e. The fraction of sp³-hybridized carbons (Fsp3) is 0.474. The Hall–Kier alpha value is -2.11. The van der Waals surface area contributed by atoms with Gasteiger partial charge in [0.1, 0.15) is 5.82 Å². The second-order valence-corrected chi connectivity index (χ2v) is 5.78. The molecule has 2 rings (SSSR count). The van der Waals surface area contributed by atoms with E-state index in [9.17, 15) is 8.78 Å². The van der Waals surface area contributed by atoms with Crippen LogP contribution in [0.5, 0.6) is 11.5 Å². The molecule has 1 heterocycles. The highest BCUT2D eigenvalue weighted by atomic mass is 127. The highest BCUT2D eigenvalue weighted by Gasteiger charge is 2.11. The van der Waals surface area contributed by atoms with Gasteiger partial charge in [-0.05, 0) is 38.0 Å². The first-order valence-corrected chi connectivity index (χ1v) is 9.21. The maximum Gasteiger partial charge on any atom is 0.319 e. The summed E-state index contributed by atoms with van der Waals surface area (Å²) in [5, 5.41) is 6.15. The number of guanidine groups is 1. The number of nitrogens with one attached hydrogen (secondary N) is 2. The van der Waals surface area contributed by atoms with Gasteiger partial charge in [-0.1, -0.05) is 6.07 Å². The third-order valence-corrected chi connectivity index (χ3v) is 3.91. The lowest BCUT2D eigenvalue weighted by molar-refractivity contribution is 0.0668. The lowest BCUT2D eigenvalue weighted by atomic mass is 10.1. The van der Waals surface area contributed by atoms with Crippen molar-refractivity contribution in [2.75, 3.05) is 26.8 Å². The van der Waals surface area contributed by atoms with E-state index in [1.807, 2.05) is 32.0 Å². The number of halogens is 3. The minimum Gasteiger partial charge on any atom is -0.490 e. The minimum atomic E-state index is -2.62. The predicted octanol–water partition coefficient (Wildman–Crippen LogP) is 3.60. The molecule has 0 saturated heterocycles. The number of alkyl halides is 2. The Morgan fingerprint density at radius 1 is 1.17 bits per heavy atom. The van der Waals surface area contributed by atoms with Gasteiger partial charge in [-0.3, -0.25) is 9.56 Å². The van der Waals surface area contributed by atoms with E-state index in [0.717, 1.165) is 28.1 Å². The summed E-state index contributed by atoms with van der Waals surface area (Å²) in [6.07, 6.45) is 3.33. The van der Waals surface area contributed by atoms with Crippen molar-refractivity contribution in [3.05, 3.63) is 42.0 Å². The van der Waals surface area contributed by atoms with E-state index in [-0.39, 0.29) is 36.3 Å². The summed E-state index contributed by atoms with van der Waals surface area (Å²) in [5.74, 6) is 2.21. The number of hydrogen-bond donors (Lipinski definition) is 2. The van der Waals surface area contributed by atoms with Crippen LogP contribution in [0.3, 0.4) is 0 Å². The Kier molecular flexibility index (Phi) is 11.3. The number of aromatic nitrogens is 2. The molecule has 10 heteroatoms. The van der Waals surface area contributed by atoms with Crippen molar-refractivity contribution in [1.29, 1.82) is 0 Å². The van der Waals surface area contributed by atoms with Crippen LogP contribution in [0.2, 0.25) is 0 Å². The van der Waals surface area contributed by atoms with E-state index in [1.54, 1.807) is 7.05 Å². The molecule has 1 aromatic carbocycles. The number of ether oxygens (including phenoxy) is 2. The van der Waals surface area contributed by atoms with Crippen molar-refractivity contribution in [3.8, 4) is 11.5 Å². The minimum absolute atomic E-state index is 0. The van der Waals surface area contributed by atoms with E-state index in [0.29, 0.717) is 25.7 Å². The summed E-state index contributed by atoms with van der Waals surface area (Å²) in [6.45, 7) is 3.14. The maximum atomic E-state index is 12.9. The van der Waals surface area contributed by atoms with Crippen molar-refractivity contribution in [3.63, 3.8) is 0 Å². The predicted molar refractivity (Wildman–Crippen MR) is 120 cm³/mol. The zero-order valence-electron chi connectivity index (χ0n) is 16.8. The molecule has 0 saturated carbocycles.